The Hall–Kier alpha value is -1.14. The average molecular weight is 325 g/mol. The van der Waals surface area contributed by atoms with Gasteiger partial charge in [-0.2, -0.15) is 0 Å². The molecule has 1 heterocycles. The van der Waals surface area contributed by atoms with E-state index < -0.39 is 5.60 Å². The SMILES string of the molecule is CC(NCCCN(C(=O)OC(C)(C)C)C1CC1)c1nccs1. The number of rotatable bonds is 7. The van der Waals surface area contributed by atoms with Crippen LogP contribution in [0.15, 0.2) is 11.6 Å². The van der Waals surface area contributed by atoms with Crippen molar-refractivity contribution in [2.45, 2.75) is 64.6 Å². The quantitative estimate of drug-likeness (QED) is 0.779. The van der Waals surface area contributed by atoms with Gasteiger partial charge in [-0.15, -0.1) is 11.3 Å². The van der Waals surface area contributed by atoms with Crippen molar-refractivity contribution < 1.29 is 9.53 Å². The Morgan fingerprint density at radius 2 is 2.27 bits per heavy atom. The monoisotopic (exact) mass is 325 g/mol. The predicted octanol–water partition coefficient (Wildman–Crippen LogP) is 3.58. The second-order valence-corrected chi connectivity index (χ2v) is 7.73. The molecule has 6 heteroatoms. The zero-order chi connectivity index (χ0) is 16.2. The zero-order valence-corrected chi connectivity index (χ0v) is 14.8. The maximum Gasteiger partial charge on any atom is 0.410 e. The van der Waals surface area contributed by atoms with E-state index in [2.05, 4.69) is 17.2 Å². The molecule has 0 spiro atoms. The third-order valence-corrected chi connectivity index (χ3v) is 4.42. The van der Waals surface area contributed by atoms with Gasteiger partial charge in [0.2, 0.25) is 0 Å². The van der Waals surface area contributed by atoms with E-state index in [1.54, 1.807) is 11.3 Å². The van der Waals surface area contributed by atoms with E-state index >= 15 is 0 Å². The van der Waals surface area contributed by atoms with Gasteiger partial charge in [0.25, 0.3) is 0 Å². The van der Waals surface area contributed by atoms with Gasteiger partial charge >= 0.3 is 6.09 Å². The van der Waals surface area contributed by atoms with Crippen LogP contribution in [0.25, 0.3) is 0 Å². The molecule has 0 bridgehead atoms. The molecule has 1 atom stereocenters. The lowest BCUT2D eigenvalue weighted by atomic mass is 10.2. The molecule has 1 aromatic rings. The minimum absolute atomic E-state index is 0.178. The maximum absolute atomic E-state index is 12.2. The molecule has 0 aromatic carbocycles. The van der Waals surface area contributed by atoms with E-state index in [1.165, 1.54) is 0 Å². The number of ether oxygens (including phenoxy) is 1. The second-order valence-electron chi connectivity index (χ2n) is 6.80. The van der Waals surface area contributed by atoms with E-state index in [1.807, 2.05) is 37.2 Å². The van der Waals surface area contributed by atoms with Gasteiger partial charge < -0.3 is 15.0 Å². The van der Waals surface area contributed by atoms with Crippen LogP contribution in [0.1, 0.15) is 58.0 Å². The summed E-state index contributed by atoms with van der Waals surface area (Å²) in [5.41, 5.74) is -0.429. The summed E-state index contributed by atoms with van der Waals surface area (Å²) in [5.74, 6) is 0. The first kappa shape index (κ1) is 17.2. The minimum atomic E-state index is -0.429. The molecule has 2 rings (SSSR count). The molecule has 1 saturated carbocycles. The first-order chi connectivity index (χ1) is 10.4. The van der Waals surface area contributed by atoms with Crippen LogP contribution in [-0.4, -0.2) is 40.7 Å². The Kier molecular flexibility index (Phi) is 5.81. The smallest absolute Gasteiger partial charge is 0.410 e. The molecule has 1 fully saturated rings. The Labute approximate surface area is 137 Å². The van der Waals surface area contributed by atoms with Gasteiger partial charge in [-0.1, -0.05) is 0 Å². The van der Waals surface area contributed by atoms with Crippen molar-refractivity contribution in [1.82, 2.24) is 15.2 Å². The van der Waals surface area contributed by atoms with Gasteiger partial charge in [-0.25, -0.2) is 9.78 Å². The Morgan fingerprint density at radius 3 is 2.82 bits per heavy atom. The molecular weight excluding hydrogens is 298 g/mol. The number of amides is 1. The Morgan fingerprint density at radius 1 is 1.55 bits per heavy atom. The number of hydrogen-bond donors (Lipinski definition) is 1. The first-order valence-corrected chi connectivity index (χ1v) is 8.87. The number of nitrogens with zero attached hydrogens (tertiary/aromatic N) is 2. The van der Waals surface area contributed by atoms with Crippen LogP contribution in [0.2, 0.25) is 0 Å². The topological polar surface area (TPSA) is 54.5 Å². The molecule has 1 amide bonds. The van der Waals surface area contributed by atoms with Gasteiger partial charge in [0.1, 0.15) is 10.6 Å². The highest BCUT2D eigenvalue weighted by Crippen LogP contribution is 2.28. The summed E-state index contributed by atoms with van der Waals surface area (Å²) in [6, 6.07) is 0.641. The van der Waals surface area contributed by atoms with Gasteiger partial charge in [0, 0.05) is 24.2 Å². The van der Waals surface area contributed by atoms with Gasteiger partial charge in [0.15, 0.2) is 0 Å². The number of nitrogens with one attached hydrogen (secondary N) is 1. The summed E-state index contributed by atoms with van der Waals surface area (Å²) in [5, 5.41) is 6.55. The van der Waals surface area contributed by atoms with Crippen molar-refractivity contribution in [1.29, 1.82) is 0 Å². The van der Waals surface area contributed by atoms with Crippen LogP contribution < -0.4 is 5.32 Å². The van der Waals surface area contributed by atoms with Crippen LogP contribution in [0.3, 0.4) is 0 Å². The lowest BCUT2D eigenvalue weighted by Crippen LogP contribution is -2.39. The normalized spacial score (nSPS) is 16.4. The third-order valence-electron chi connectivity index (χ3n) is 3.46. The van der Waals surface area contributed by atoms with Crippen molar-refractivity contribution >= 4 is 17.4 Å². The lowest BCUT2D eigenvalue weighted by Gasteiger charge is -2.27. The van der Waals surface area contributed by atoms with E-state index in [9.17, 15) is 4.79 Å². The minimum Gasteiger partial charge on any atom is -0.444 e. The van der Waals surface area contributed by atoms with E-state index in [0.717, 1.165) is 37.4 Å². The molecule has 1 unspecified atom stereocenters. The third kappa shape index (κ3) is 5.57. The average Bonchev–Trinajstić information content (AvgIpc) is 3.09. The highest BCUT2D eigenvalue weighted by atomic mass is 32.1. The highest BCUT2D eigenvalue weighted by Gasteiger charge is 2.34. The molecule has 1 aliphatic carbocycles. The standard InChI is InChI=1S/C16H27N3O2S/c1-12(14-18-9-11-22-14)17-8-5-10-19(13-6-7-13)15(20)21-16(2,3)4/h9,11-13,17H,5-8,10H2,1-4H3. The number of carbonyl (C=O) groups excluding carboxylic acids is 1. The fourth-order valence-corrected chi connectivity index (χ4v) is 2.90. The maximum atomic E-state index is 12.2. The summed E-state index contributed by atoms with van der Waals surface area (Å²) >= 11 is 1.66. The largest absolute Gasteiger partial charge is 0.444 e. The molecule has 1 N–H and O–H groups in total. The zero-order valence-electron chi connectivity index (χ0n) is 14.0. The fraction of sp³-hybridized carbons (Fsp3) is 0.750. The van der Waals surface area contributed by atoms with Crippen LogP contribution in [0.4, 0.5) is 4.79 Å². The predicted molar refractivity (Wildman–Crippen MR) is 89.1 cm³/mol. The molecule has 0 saturated heterocycles. The molecule has 1 aromatic heterocycles. The van der Waals surface area contributed by atoms with Crippen molar-refractivity contribution in [2.24, 2.45) is 0 Å². The number of thiazole rings is 1. The lowest BCUT2D eigenvalue weighted by molar-refractivity contribution is 0.0232. The second kappa shape index (κ2) is 7.42. The molecule has 1 aliphatic rings. The van der Waals surface area contributed by atoms with Gasteiger partial charge in [-0.3, -0.25) is 0 Å². The summed E-state index contributed by atoms with van der Waals surface area (Å²) in [6.45, 7) is 9.46. The van der Waals surface area contributed by atoms with E-state index in [-0.39, 0.29) is 12.1 Å². The molecule has 5 nitrogen and oxygen atoms in total. The van der Waals surface area contributed by atoms with E-state index in [4.69, 9.17) is 4.74 Å². The summed E-state index contributed by atoms with van der Waals surface area (Å²) in [6.07, 6.45) is 4.77. The van der Waals surface area contributed by atoms with Crippen LogP contribution in [-0.2, 0) is 4.74 Å². The van der Waals surface area contributed by atoms with Crippen molar-refractivity contribution in [3.8, 4) is 0 Å². The number of aromatic nitrogens is 1. The van der Waals surface area contributed by atoms with Crippen molar-refractivity contribution in [3.63, 3.8) is 0 Å². The van der Waals surface area contributed by atoms with Crippen LogP contribution in [0, 0.1) is 0 Å². The summed E-state index contributed by atoms with van der Waals surface area (Å²) in [4.78, 5) is 18.4. The van der Waals surface area contributed by atoms with Gasteiger partial charge in [-0.05, 0) is 53.5 Å². The first-order valence-electron chi connectivity index (χ1n) is 7.99. The van der Waals surface area contributed by atoms with Crippen molar-refractivity contribution in [2.75, 3.05) is 13.1 Å². The van der Waals surface area contributed by atoms with Crippen LogP contribution in [0.5, 0.6) is 0 Å². The summed E-state index contributed by atoms with van der Waals surface area (Å²) in [7, 11) is 0. The fourth-order valence-electron chi connectivity index (χ4n) is 2.23. The van der Waals surface area contributed by atoms with Gasteiger partial charge in [0.05, 0.1) is 6.04 Å². The number of hydrogen-bond acceptors (Lipinski definition) is 5. The molecule has 0 aliphatic heterocycles. The molecular formula is C16H27N3O2S. The van der Waals surface area contributed by atoms with E-state index in [0.29, 0.717) is 6.04 Å². The van der Waals surface area contributed by atoms with Crippen LogP contribution >= 0.6 is 11.3 Å². The Balaban J connectivity index is 1.72. The Bertz CT molecular complexity index is 466. The van der Waals surface area contributed by atoms with Crippen molar-refractivity contribution in [3.05, 3.63) is 16.6 Å². The molecule has 124 valence electrons. The highest BCUT2D eigenvalue weighted by molar-refractivity contribution is 7.09. The number of carbonyl (C=O) groups is 1. The molecule has 0 radical (unpaired) electrons. The molecule has 22 heavy (non-hydrogen) atoms. The summed E-state index contributed by atoms with van der Waals surface area (Å²) < 4.78 is 5.50.